The maximum absolute atomic E-state index is 11.6. The summed E-state index contributed by atoms with van der Waals surface area (Å²) < 4.78 is 4.82. The average molecular weight is 264 g/mol. The van der Waals surface area contributed by atoms with Crippen LogP contribution in [0.1, 0.15) is 18.6 Å². The number of nitro groups is 1. The molecule has 0 amide bonds. The summed E-state index contributed by atoms with van der Waals surface area (Å²) in [6.45, 7) is 1.85. The van der Waals surface area contributed by atoms with Crippen LogP contribution in [-0.4, -0.2) is 28.8 Å². The number of ether oxygens (including phenoxy) is 1. The molecule has 1 aromatic rings. The summed E-state index contributed by atoms with van der Waals surface area (Å²) in [7, 11) is 0. The normalized spacial score (nSPS) is 20.7. The lowest BCUT2D eigenvalue weighted by molar-refractivity contribution is -0.385. The number of aliphatic hydroxyl groups is 1. The fourth-order valence-corrected chi connectivity index (χ4v) is 1.87. The largest absolute Gasteiger partial charge is 0.465 e. The average Bonchev–Trinajstić information content (AvgIpc) is 2.39. The number of carbonyl (C=O) groups is 1. The summed E-state index contributed by atoms with van der Waals surface area (Å²) in [5, 5.41) is 20.8. The van der Waals surface area contributed by atoms with Gasteiger partial charge in [0.25, 0.3) is 5.69 Å². The van der Waals surface area contributed by atoms with Crippen LogP contribution in [0, 0.1) is 16.0 Å². The van der Waals surface area contributed by atoms with Gasteiger partial charge in [-0.3, -0.25) is 19.9 Å². The van der Waals surface area contributed by atoms with Crippen LogP contribution in [0.15, 0.2) is 23.2 Å². The second kappa shape index (κ2) is 5.15. The van der Waals surface area contributed by atoms with Crippen LogP contribution in [0.25, 0.3) is 0 Å². The van der Waals surface area contributed by atoms with E-state index in [0.29, 0.717) is 5.69 Å². The lowest BCUT2D eigenvalue weighted by atomic mass is 9.92. The number of benzene rings is 1. The quantitative estimate of drug-likeness (QED) is 0.506. The Morgan fingerprint density at radius 3 is 2.95 bits per heavy atom. The number of nitrogens with zero attached hydrogens (tertiary/aromatic N) is 2. The van der Waals surface area contributed by atoms with E-state index in [0.717, 1.165) is 0 Å². The van der Waals surface area contributed by atoms with Crippen molar-refractivity contribution in [1.82, 2.24) is 0 Å². The third-order valence-electron chi connectivity index (χ3n) is 2.81. The summed E-state index contributed by atoms with van der Waals surface area (Å²) in [6.07, 6.45) is 0.114. The second-order valence-corrected chi connectivity index (χ2v) is 4.00. The minimum Gasteiger partial charge on any atom is -0.465 e. The van der Waals surface area contributed by atoms with Crippen LogP contribution in [0.4, 0.5) is 11.4 Å². The van der Waals surface area contributed by atoms with Crippen LogP contribution in [0.3, 0.4) is 0 Å². The Balaban J connectivity index is 2.36. The van der Waals surface area contributed by atoms with Crippen molar-refractivity contribution in [3.63, 3.8) is 0 Å². The van der Waals surface area contributed by atoms with Gasteiger partial charge in [-0.15, -0.1) is 0 Å². The molecule has 100 valence electrons. The van der Waals surface area contributed by atoms with Gasteiger partial charge >= 0.3 is 5.97 Å². The summed E-state index contributed by atoms with van der Waals surface area (Å²) in [5.74, 6) is -1.54. The van der Waals surface area contributed by atoms with E-state index >= 15 is 0 Å². The summed E-state index contributed by atoms with van der Waals surface area (Å²) in [6, 6.07) is 3.96. The topological polar surface area (TPSA) is 102 Å². The lowest BCUT2D eigenvalue weighted by Crippen LogP contribution is -2.27. The molecule has 0 saturated heterocycles. The van der Waals surface area contributed by atoms with Gasteiger partial charge in [0.2, 0.25) is 0 Å². The van der Waals surface area contributed by atoms with Crippen LogP contribution >= 0.6 is 0 Å². The Hall–Kier alpha value is -2.28. The van der Waals surface area contributed by atoms with E-state index in [4.69, 9.17) is 4.74 Å². The van der Waals surface area contributed by atoms with Crippen molar-refractivity contribution in [2.75, 3.05) is 6.61 Å². The van der Waals surface area contributed by atoms with Gasteiger partial charge in [0.15, 0.2) is 0 Å². The molecule has 1 heterocycles. The van der Waals surface area contributed by atoms with E-state index in [9.17, 15) is 20.0 Å². The zero-order chi connectivity index (χ0) is 14.0. The predicted octanol–water partition coefficient (Wildman–Crippen LogP) is 1.52. The van der Waals surface area contributed by atoms with E-state index in [-0.39, 0.29) is 17.9 Å². The minimum absolute atomic E-state index is 0.155. The SMILES string of the molecule is CCOC(=O)C1C=Nc2ccc([N+](=O)[O-])cc2C1O. The number of carbonyl (C=O) groups excluding carboxylic acids is 1. The molecular formula is C12H12N2O5. The second-order valence-electron chi connectivity index (χ2n) is 4.00. The first-order valence-electron chi connectivity index (χ1n) is 5.71. The molecular weight excluding hydrogens is 252 g/mol. The number of aliphatic hydroxyl groups excluding tert-OH is 1. The van der Waals surface area contributed by atoms with Gasteiger partial charge in [-0.05, 0) is 13.0 Å². The molecule has 1 N–H and O–H groups in total. The maximum Gasteiger partial charge on any atom is 0.317 e. The minimum atomic E-state index is -1.19. The smallest absolute Gasteiger partial charge is 0.317 e. The predicted molar refractivity (Wildman–Crippen MR) is 66.3 cm³/mol. The van der Waals surface area contributed by atoms with E-state index in [2.05, 4.69) is 4.99 Å². The van der Waals surface area contributed by atoms with E-state index < -0.39 is 22.9 Å². The van der Waals surface area contributed by atoms with Gasteiger partial charge in [0, 0.05) is 23.9 Å². The van der Waals surface area contributed by atoms with E-state index in [1.165, 1.54) is 24.4 Å². The van der Waals surface area contributed by atoms with Gasteiger partial charge in [-0.1, -0.05) is 0 Å². The molecule has 0 bridgehead atoms. The number of fused-ring (bicyclic) bond motifs is 1. The first-order chi connectivity index (χ1) is 9.04. The van der Waals surface area contributed by atoms with Crippen LogP contribution in [-0.2, 0) is 9.53 Å². The Morgan fingerprint density at radius 2 is 2.32 bits per heavy atom. The zero-order valence-corrected chi connectivity index (χ0v) is 10.1. The zero-order valence-electron chi connectivity index (χ0n) is 10.1. The molecule has 1 aromatic carbocycles. The fourth-order valence-electron chi connectivity index (χ4n) is 1.87. The van der Waals surface area contributed by atoms with Gasteiger partial charge < -0.3 is 9.84 Å². The van der Waals surface area contributed by atoms with Crippen LogP contribution in [0.2, 0.25) is 0 Å². The van der Waals surface area contributed by atoms with Gasteiger partial charge in [0.1, 0.15) is 5.92 Å². The van der Waals surface area contributed by atoms with Crippen molar-refractivity contribution < 1.29 is 19.6 Å². The summed E-state index contributed by atoms with van der Waals surface area (Å²) in [4.78, 5) is 25.8. The van der Waals surface area contributed by atoms with Crippen molar-refractivity contribution in [2.45, 2.75) is 13.0 Å². The lowest BCUT2D eigenvalue weighted by Gasteiger charge is -2.22. The molecule has 0 spiro atoms. The Bertz CT molecular complexity index is 555. The van der Waals surface area contributed by atoms with Crippen LogP contribution in [0.5, 0.6) is 0 Å². The first kappa shape index (κ1) is 13.2. The van der Waals surface area contributed by atoms with Crippen LogP contribution < -0.4 is 0 Å². The molecule has 7 heteroatoms. The van der Waals surface area contributed by atoms with E-state index in [1.54, 1.807) is 6.92 Å². The highest BCUT2D eigenvalue weighted by Gasteiger charge is 2.33. The van der Waals surface area contributed by atoms with Gasteiger partial charge in [-0.2, -0.15) is 0 Å². The highest BCUT2D eigenvalue weighted by atomic mass is 16.6. The standard InChI is InChI=1S/C12H12N2O5/c1-2-19-12(16)9-6-13-10-4-3-7(14(17)18)5-8(10)11(9)15/h3-6,9,11,15H,2H2,1H3. The number of aliphatic imine (C=N–C) groups is 1. The number of nitro benzene ring substituents is 1. The number of hydrogen-bond acceptors (Lipinski definition) is 6. The Labute approximate surface area is 108 Å². The third kappa shape index (κ3) is 2.45. The molecule has 7 nitrogen and oxygen atoms in total. The van der Waals surface area contributed by atoms with Crippen molar-refractivity contribution in [3.8, 4) is 0 Å². The highest BCUT2D eigenvalue weighted by molar-refractivity contribution is 5.93. The maximum atomic E-state index is 11.6. The molecule has 0 aliphatic carbocycles. The van der Waals surface area contributed by atoms with Gasteiger partial charge in [0.05, 0.1) is 23.3 Å². The molecule has 19 heavy (non-hydrogen) atoms. The molecule has 2 atom stereocenters. The Kier molecular flexibility index (Phi) is 3.57. The molecule has 2 unspecified atom stereocenters. The van der Waals surface area contributed by atoms with Gasteiger partial charge in [-0.25, -0.2) is 0 Å². The molecule has 0 aromatic heterocycles. The van der Waals surface area contributed by atoms with Crippen molar-refractivity contribution >= 4 is 23.6 Å². The van der Waals surface area contributed by atoms with Crippen molar-refractivity contribution in [1.29, 1.82) is 0 Å². The Morgan fingerprint density at radius 1 is 1.58 bits per heavy atom. The highest BCUT2D eigenvalue weighted by Crippen LogP contribution is 2.36. The first-order valence-corrected chi connectivity index (χ1v) is 5.71. The summed E-state index contributed by atoms with van der Waals surface area (Å²) in [5.41, 5.74) is 0.519. The summed E-state index contributed by atoms with van der Waals surface area (Å²) >= 11 is 0. The molecule has 0 fully saturated rings. The molecule has 1 aliphatic rings. The fraction of sp³-hybridized carbons (Fsp3) is 0.333. The number of rotatable bonds is 3. The molecule has 2 rings (SSSR count). The van der Waals surface area contributed by atoms with Crippen molar-refractivity contribution in [3.05, 3.63) is 33.9 Å². The number of esters is 1. The third-order valence-corrected chi connectivity index (χ3v) is 2.81. The van der Waals surface area contributed by atoms with E-state index in [1.807, 2.05) is 0 Å². The molecule has 0 saturated carbocycles. The monoisotopic (exact) mass is 264 g/mol. The number of hydrogen-bond donors (Lipinski definition) is 1. The molecule has 0 radical (unpaired) electrons. The number of non-ortho nitro benzene ring substituents is 1. The molecule has 1 aliphatic heterocycles. The van der Waals surface area contributed by atoms with Crippen molar-refractivity contribution in [2.24, 2.45) is 10.9 Å².